The molecule has 0 radical (unpaired) electrons. The van der Waals surface area contributed by atoms with E-state index in [2.05, 4.69) is 6.92 Å². The highest BCUT2D eigenvalue weighted by atomic mass is 16.4. The zero-order valence-electron chi connectivity index (χ0n) is 17.9. The lowest BCUT2D eigenvalue weighted by Crippen LogP contribution is -2.14. The van der Waals surface area contributed by atoms with E-state index in [1.807, 2.05) is 49.4 Å². The number of Topliss-reactive ketones (excluding diaryl/α,β-unsaturated/α-hetero) is 2. The summed E-state index contributed by atoms with van der Waals surface area (Å²) in [6.07, 6.45) is 7.75. The Bertz CT molecular complexity index is 1210. The van der Waals surface area contributed by atoms with Crippen molar-refractivity contribution in [2.45, 2.75) is 46.0 Å². The molecule has 4 heteroatoms. The van der Waals surface area contributed by atoms with Gasteiger partial charge in [-0.1, -0.05) is 43.5 Å². The van der Waals surface area contributed by atoms with Gasteiger partial charge in [-0.15, -0.1) is 0 Å². The topological polar surface area (TPSA) is 59.6 Å². The first-order chi connectivity index (χ1) is 15.0. The molecule has 0 unspecified atom stereocenters. The van der Waals surface area contributed by atoms with Crippen LogP contribution in [-0.2, 0) is 0 Å². The van der Waals surface area contributed by atoms with Gasteiger partial charge in [0.05, 0.1) is 5.57 Å². The van der Waals surface area contributed by atoms with Crippen LogP contribution < -0.4 is 0 Å². The largest absolute Gasteiger partial charge is 0.439 e. The van der Waals surface area contributed by atoms with E-state index in [9.17, 15) is 9.59 Å². The summed E-state index contributed by atoms with van der Waals surface area (Å²) < 4.78 is 5.94. The van der Waals surface area contributed by atoms with Gasteiger partial charge in [-0.05, 0) is 67.7 Å². The van der Waals surface area contributed by atoms with Gasteiger partial charge in [0.2, 0.25) is 5.88 Å². The third-order valence-corrected chi connectivity index (χ3v) is 6.54. The number of rotatable bonds is 3. The van der Waals surface area contributed by atoms with Crippen LogP contribution in [0.4, 0.5) is 5.88 Å². The molecule has 1 heterocycles. The molecule has 0 bridgehead atoms. The summed E-state index contributed by atoms with van der Waals surface area (Å²) >= 11 is 0. The van der Waals surface area contributed by atoms with Crippen molar-refractivity contribution < 1.29 is 14.0 Å². The maximum atomic E-state index is 13.0. The van der Waals surface area contributed by atoms with Crippen molar-refractivity contribution >= 4 is 40.0 Å². The molecule has 4 nitrogen and oxygen atoms in total. The summed E-state index contributed by atoms with van der Waals surface area (Å²) in [5, 5.41) is 1.90. The fourth-order valence-corrected chi connectivity index (χ4v) is 4.73. The van der Waals surface area contributed by atoms with E-state index in [0.717, 1.165) is 22.0 Å². The third-order valence-electron chi connectivity index (χ3n) is 6.54. The molecule has 3 aromatic rings. The van der Waals surface area contributed by atoms with Crippen molar-refractivity contribution in [3.63, 3.8) is 0 Å². The molecular weight excluding hydrogens is 386 g/mol. The standard InChI is InChI=1S/C27H25NO3/c1-16-12-21(31-27(16)28-17(2)18-8-4-3-5-9-18)15-24-25(29)22-13-19-10-6-7-11-20(19)14-23(22)26(24)30/h6-7,10-15,18H,3-5,8-9H2,1-2H3/b28-17+. The number of carbonyl (C=O) groups excluding carboxylic acids is 2. The minimum Gasteiger partial charge on any atom is -0.439 e. The maximum absolute atomic E-state index is 13.0. The van der Waals surface area contributed by atoms with E-state index in [1.165, 1.54) is 32.1 Å². The van der Waals surface area contributed by atoms with Gasteiger partial charge < -0.3 is 4.42 Å². The Labute approximate surface area is 181 Å². The summed E-state index contributed by atoms with van der Waals surface area (Å²) in [5.74, 6) is 1.07. The van der Waals surface area contributed by atoms with Gasteiger partial charge in [-0.3, -0.25) is 9.59 Å². The number of nitrogens with zero attached hydrogens (tertiary/aromatic N) is 1. The summed E-state index contributed by atoms with van der Waals surface area (Å²) in [6, 6.07) is 13.2. The Morgan fingerprint density at radius 2 is 1.58 bits per heavy atom. The van der Waals surface area contributed by atoms with E-state index in [-0.39, 0.29) is 17.1 Å². The van der Waals surface area contributed by atoms with Gasteiger partial charge in [-0.25, -0.2) is 4.99 Å². The summed E-state index contributed by atoms with van der Waals surface area (Å²) in [4.78, 5) is 30.7. The number of benzene rings is 2. The minimum atomic E-state index is -0.247. The summed E-state index contributed by atoms with van der Waals surface area (Å²) in [5.41, 5.74) is 3.08. The number of allylic oxidation sites excluding steroid dienone is 1. The number of hydrogen-bond acceptors (Lipinski definition) is 4. The molecule has 1 saturated carbocycles. The van der Waals surface area contributed by atoms with Gasteiger partial charge in [-0.2, -0.15) is 0 Å². The molecule has 1 aromatic heterocycles. The SMILES string of the molecule is C/C(=N\c1oc(C=C2C(=O)c3cc4ccccc4cc3C2=O)cc1C)C1CCCCC1. The van der Waals surface area contributed by atoms with E-state index < -0.39 is 0 Å². The van der Waals surface area contributed by atoms with Crippen LogP contribution in [0.3, 0.4) is 0 Å². The van der Waals surface area contributed by atoms with Crippen molar-refractivity contribution in [2.75, 3.05) is 0 Å². The Morgan fingerprint density at radius 1 is 0.968 bits per heavy atom. The number of hydrogen-bond donors (Lipinski definition) is 0. The molecule has 2 aromatic carbocycles. The molecule has 0 amide bonds. The second-order valence-electron chi connectivity index (χ2n) is 8.69. The maximum Gasteiger partial charge on any atom is 0.222 e. The Hall–Kier alpha value is -3.27. The van der Waals surface area contributed by atoms with E-state index in [4.69, 9.17) is 9.41 Å². The molecule has 0 saturated heterocycles. The molecule has 1 fully saturated rings. The van der Waals surface area contributed by atoms with Crippen LogP contribution in [0.25, 0.3) is 16.8 Å². The van der Waals surface area contributed by atoms with Crippen molar-refractivity contribution in [3.8, 4) is 0 Å². The second kappa shape index (κ2) is 7.77. The fraction of sp³-hybridized carbons (Fsp3) is 0.296. The molecule has 2 aliphatic rings. The highest BCUT2D eigenvalue weighted by Gasteiger charge is 2.33. The number of aliphatic imine (C=N–C) groups is 1. The molecule has 2 aliphatic carbocycles. The number of carbonyl (C=O) groups is 2. The molecular formula is C27H25NO3. The van der Waals surface area contributed by atoms with Crippen LogP contribution >= 0.6 is 0 Å². The molecule has 31 heavy (non-hydrogen) atoms. The second-order valence-corrected chi connectivity index (χ2v) is 8.69. The smallest absolute Gasteiger partial charge is 0.222 e. The van der Waals surface area contributed by atoms with Gasteiger partial charge >= 0.3 is 0 Å². The number of ketones is 2. The van der Waals surface area contributed by atoms with Crippen LogP contribution in [0.2, 0.25) is 0 Å². The van der Waals surface area contributed by atoms with Gasteiger partial charge in [0.25, 0.3) is 0 Å². The normalized spacial score (nSPS) is 17.5. The lowest BCUT2D eigenvalue weighted by Gasteiger charge is -2.21. The number of aryl methyl sites for hydroxylation is 1. The number of furan rings is 1. The Balaban J connectivity index is 1.47. The van der Waals surface area contributed by atoms with Crippen molar-refractivity contribution in [1.82, 2.24) is 0 Å². The predicted octanol–water partition coefficient (Wildman–Crippen LogP) is 6.88. The third kappa shape index (κ3) is 3.56. The van der Waals surface area contributed by atoms with Crippen LogP contribution in [0.5, 0.6) is 0 Å². The van der Waals surface area contributed by atoms with Crippen LogP contribution in [-0.4, -0.2) is 17.3 Å². The highest BCUT2D eigenvalue weighted by Crippen LogP contribution is 2.34. The van der Waals surface area contributed by atoms with E-state index >= 15 is 0 Å². The summed E-state index contributed by atoms with van der Waals surface area (Å²) in [7, 11) is 0. The predicted molar refractivity (Wildman–Crippen MR) is 123 cm³/mol. The van der Waals surface area contributed by atoms with Crippen molar-refractivity contribution in [1.29, 1.82) is 0 Å². The highest BCUT2D eigenvalue weighted by molar-refractivity contribution is 6.42. The van der Waals surface area contributed by atoms with Crippen molar-refractivity contribution in [3.05, 3.63) is 70.5 Å². The molecule has 0 aliphatic heterocycles. The zero-order chi connectivity index (χ0) is 21.5. The lowest BCUT2D eigenvalue weighted by atomic mass is 9.86. The molecule has 0 atom stereocenters. The summed E-state index contributed by atoms with van der Waals surface area (Å²) in [6.45, 7) is 4.01. The van der Waals surface area contributed by atoms with Gasteiger partial charge in [0.15, 0.2) is 11.6 Å². The quantitative estimate of drug-likeness (QED) is 0.268. The van der Waals surface area contributed by atoms with E-state index in [1.54, 1.807) is 6.08 Å². The zero-order valence-corrected chi connectivity index (χ0v) is 17.9. The van der Waals surface area contributed by atoms with Crippen LogP contribution in [0.1, 0.15) is 71.1 Å². The molecule has 5 rings (SSSR count). The number of fused-ring (bicyclic) bond motifs is 2. The minimum absolute atomic E-state index is 0.151. The average molecular weight is 412 g/mol. The van der Waals surface area contributed by atoms with Crippen LogP contribution in [0, 0.1) is 12.8 Å². The average Bonchev–Trinajstić information content (AvgIpc) is 3.24. The van der Waals surface area contributed by atoms with Gasteiger partial charge in [0.1, 0.15) is 5.76 Å². The fourth-order valence-electron chi connectivity index (χ4n) is 4.73. The molecule has 156 valence electrons. The lowest BCUT2D eigenvalue weighted by molar-refractivity contribution is 0.0990. The monoisotopic (exact) mass is 411 g/mol. The van der Waals surface area contributed by atoms with Crippen molar-refractivity contribution in [2.24, 2.45) is 10.9 Å². The van der Waals surface area contributed by atoms with E-state index in [0.29, 0.717) is 28.7 Å². The Kier molecular flexibility index (Phi) is 4.93. The molecule has 0 N–H and O–H groups in total. The first-order valence-electron chi connectivity index (χ1n) is 11.0. The van der Waals surface area contributed by atoms with Crippen LogP contribution in [0.15, 0.2) is 57.4 Å². The first kappa shape index (κ1) is 19.7. The Morgan fingerprint density at radius 3 is 2.19 bits per heavy atom. The molecule has 0 spiro atoms. The van der Waals surface area contributed by atoms with Gasteiger partial charge in [0, 0.05) is 22.4 Å². The first-order valence-corrected chi connectivity index (χ1v) is 11.0.